The molecular weight excluding hydrogens is 374 g/mol. The van der Waals surface area contributed by atoms with Crippen LogP contribution in [0.15, 0.2) is 24.3 Å². The molecule has 1 unspecified atom stereocenters. The number of hydrogen-bond acceptors (Lipinski definition) is 4. The number of aryl methyl sites for hydroxylation is 1. The fourth-order valence-electron chi connectivity index (χ4n) is 2.96. The van der Waals surface area contributed by atoms with Crippen LogP contribution in [0.4, 0.5) is 9.93 Å². The molecular formula is C18H20ClN3O3S. The number of nitrogens with one attached hydrogen (secondary N) is 1. The van der Waals surface area contributed by atoms with Crippen LogP contribution < -0.4 is 5.32 Å². The molecule has 0 spiro atoms. The van der Waals surface area contributed by atoms with Gasteiger partial charge in [-0.25, -0.2) is 9.78 Å². The molecule has 1 atom stereocenters. The molecule has 1 aliphatic heterocycles. The van der Waals surface area contributed by atoms with Crippen LogP contribution in [0.1, 0.15) is 29.5 Å². The number of halogens is 1. The maximum absolute atomic E-state index is 12.4. The number of carbonyl (C=O) groups is 2. The number of rotatable bonds is 4. The van der Waals surface area contributed by atoms with Crippen molar-refractivity contribution in [2.24, 2.45) is 5.41 Å². The van der Waals surface area contributed by atoms with Crippen LogP contribution in [-0.4, -0.2) is 40.1 Å². The second-order valence-electron chi connectivity index (χ2n) is 6.80. The van der Waals surface area contributed by atoms with E-state index in [1.807, 2.05) is 31.2 Å². The van der Waals surface area contributed by atoms with Gasteiger partial charge in [-0.15, -0.1) is 11.3 Å². The van der Waals surface area contributed by atoms with E-state index in [4.69, 9.17) is 11.6 Å². The average Bonchev–Trinajstić information content (AvgIpc) is 3.12. The molecule has 0 aliphatic carbocycles. The number of aliphatic carboxylic acids is 1. The number of carboxylic acids is 1. The van der Waals surface area contributed by atoms with Gasteiger partial charge >= 0.3 is 12.0 Å². The Morgan fingerprint density at radius 3 is 2.88 bits per heavy atom. The van der Waals surface area contributed by atoms with E-state index in [0.29, 0.717) is 29.5 Å². The molecule has 1 saturated heterocycles. The molecule has 1 aromatic carbocycles. The minimum Gasteiger partial charge on any atom is -0.481 e. The van der Waals surface area contributed by atoms with Gasteiger partial charge in [-0.1, -0.05) is 23.7 Å². The van der Waals surface area contributed by atoms with Gasteiger partial charge in [0.2, 0.25) is 0 Å². The molecule has 8 heteroatoms. The number of benzene rings is 1. The number of nitrogens with zero attached hydrogens (tertiary/aromatic N) is 2. The van der Waals surface area contributed by atoms with Gasteiger partial charge < -0.3 is 10.0 Å². The summed E-state index contributed by atoms with van der Waals surface area (Å²) in [7, 11) is 0. The van der Waals surface area contributed by atoms with Crippen molar-refractivity contribution in [1.82, 2.24) is 9.88 Å². The van der Waals surface area contributed by atoms with Crippen LogP contribution in [0.5, 0.6) is 0 Å². The third-order valence-corrected chi connectivity index (χ3v) is 5.95. The Morgan fingerprint density at radius 2 is 2.23 bits per heavy atom. The summed E-state index contributed by atoms with van der Waals surface area (Å²) >= 11 is 7.45. The summed E-state index contributed by atoms with van der Waals surface area (Å²) in [6.45, 7) is 4.20. The summed E-state index contributed by atoms with van der Waals surface area (Å²) in [5.74, 6) is -0.873. The highest BCUT2D eigenvalue weighted by Gasteiger charge is 2.42. The summed E-state index contributed by atoms with van der Waals surface area (Å²) < 4.78 is 0. The molecule has 3 rings (SSSR count). The van der Waals surface area contributed by atoms with Crippen molar-refractivity contribution >= 4 is 40.1 Å². The lowest BCUT2D eigenvalue weighted by Gasteiger charge is -2.19. The van der Waals surface area contributed by atoms with Crippen LogP contribution in [0.3, 0.4) is 0 Å². The van der Waals surface area contributed by atoms with Gasteiger partial charge in [-0.3, -0.25) is 10.1 Å². The highest BCUT2D eigenvalue weighted by Crippen LogP contribution is 2.31. The Labute approximate surface area is 160 Å². The largest absolute Gasteiger partial charge is 0.481 e. The van der Waals surface area contributed by atoms with E-state index in [1.165, 1.54) is 16.2 Å². The quantitative estimate of drug-likeness (QED) is 0.821. The molecule has 0 radical (unpaired) electrons. The third kappa shape index (κ3) is 3.99. The van der Waals surface area contributed by atoms with Crippen molar-refractivity contribution in [2.75, 3.05) is 18.4 Å². The first-order chi connectivity index (χ1) is 12.3. The summed E-state index contributed by atoms with van der Waals surface area (Å²) in [4.78, 5) is 30.7. The van der Waals surface area contributed by atoms with Crippen molar-refractivity contribution in [3.05, 3.63) is 45.4 Å². The molecule has 1 fully saturated rings. The fraction of sp³-hybridized carbons (Fsp3) is 0.389. The van der Waals surface area contributed by atoms with Crippen molar-refractivity contribution in [3.63, 3.8) is 0 Å². The fourth-order valence-corrected chi connectivity index (χ4v) is 4.16. The lowest BCUT2D eigenvalue weighted by Crippen LogP contribution is -2.37. The Bertz CT molecular complexity index is 854. The highest BCUT2D eigenvalue weighted by atomic mass is 35.5. The number of hydrogen-bond donors (Lipinski definition) is 2. The number of thiazole rings is 1. The first kappa shape index (κ1) is 18.7. The SMILES string of the molecule is Cc1nc(NC(=O)N2CCC(C)(C(=O)O)C2)sc1Cc1cccc(Cl)c1. The smallest absolute Gasteiger partial charge is 0.323 e. The maximum Gasteiger partial charge on any atom is 0.323 e. The van der Waals surface area contributed by atoms with E-state index >= 15 is 0 Å². The predicted octanol–water partition coefficient (Wildman–Crippen LogP) is 4.02. The molecule has 26 heavy (non-hydrogen) atoms. The van der Waals surface area contributed by atoms with Gasteiger partial charge in [0.1, 0.15) is 0 Å². The molecule has 6 nitrogen and oxygen atoms in total. The number of anilines is 1. The summed E-state index contributed by atoms with van der Waals surface area (Å²) in [5.41, 5.74) is 1.06. The molecule has 2 amide bonds. The van der Waals surface area contributed by atoms with E-state index in [-0.39, 0.29) is 12.6 Å². The average molecular weight is 394 g/mol. The second kappa shape index (κ2) is 7.25. The first-order valence-electron chi connectivity index (χ1n) is 8.27. The Hall–Kier alpha value is -2.12. The van der Waals surface area contributed by atoms with Crippen LogP contribution >= 0.6 is 22.9 Å². The highest BCUT2D eigenvalue weighted by molar-refractivity contribution is 7.15. The van der Waals surface area contributed by atoms with Crippen molar-refractivity contribution in [2.45, 2.75) is 26.7 Å². The van der Waals surface area contributed by atoms with Gasteiger partial charge in [-0.05, 0) is 38.0 Å². The first-order valence-corrected chi connectivity index (χ1v) is 9.46. The minimum absolute atomic E-state index is 0.202. The van der Waals surface area contributed by atoms with Gasteiger partial charge in [0.15, 0.2) is 5.13 Å². The van der Waals surface area contributed by atoms with E-state index in [0.717, 1.165) is 16.1 Å². The molecule has 138 valence electrons. The van der Waals surface area contributed by atoms with Gasteiger partial charge in [-0.2, -0.15) is 0 Å². The Morgan fingerprint density at radius 1 is 1.46 bits per heavy atom. The summed E-state index contributed by atoms with van der Waals surface area (Å²) in [6.07, 6.45) is 1.15. The maximum atomic E-state index is 12.4. The van der Waals surface area contributed by atoms with Crippen molar-refractivity contribution < 1.29 is 14.7 Å². The molecule has 1 aromatic heterocycles. The van der Waals surface area contributed by atoms with Crippen molar-refractivity contribution in [3.8, 4) is 0 Å². The number of carbonyl (C=O) groups excluding carboxylic acids is 1. The van der Waals surface area contributed by atoms with Gasteiger partial charge in [0.05, 0.1) is 11.1 Å². The number of aromatic nitrogens is 1. The second-order valence-corrected chi connectivity index (χ2v) is 8.32. The lowest BCUT2D eigenvalue weighted by atomic mass is 9.90. The number of amides is 2. The van der Waals surface area contributed by atoms with E-state index < -0.39 is 11.4 Å². The lowest BCUT2D eigenvalue weighted by molar-refractivity contribution is -0.146. The van der Waals surface area contributed by atoms with Crippen molar-refractivity contribution in [1.29, 1.82) is 0 Å². The monoisotopic (exact) mass is 393 g/mol. The van der Waals surface area contributed by atoms with Crippen LogP contribution in [0.2, 0.25) is 5.02 Å². The van der Waals surface area contributed by atoms with Crippen LogP contribution in [0, 0.1) is 12.3 Å². The Balaban J connectivity index is 1.66. The molecule has 2 aromatic rings. The number of urea groups is 1. The number of carboxylic acid groups (broad SMARTS) is 1. The van der Waals surface area contributed by atoms with E-state index in [2.05, 4.69) is 10.3 Å². The third-order valence-electron chi connectivity index (χ3n) is 4.64. The van der Waals surface area contributed by atoms with E-state index in [1.54, 1.807) is 6.92 Å². The molecule has 0 saturated carbocycles. The predicted molar refractivity (Wildman–Crippen MR) is 102 cm³/mol. The zero-order valence-electron chi connectivity index (χ0n) is 14.6. The minimum atomic E-state index is -0.881. The molecule has 1 aliphatic rings. The number of likely N-dealkylation sites (tertiary alicyclic amines) is 1. The molecule has 2 N–H and O–H groups in total. The zero-order chi connectivity index (χ0) is 18.9. The van der Waals surface area contributed by atoms with Gasteiger partial charge in [0, 0.05) is 29.4 Å². The summed E-state index contributed by atoms with van der Waals surface area (Å²) in [5, 5.41) is 13.3. The standard InChI is InChI=1S/C18H20ClN3O3S/c1-11-14(9-12-4-3-5-13(19)8-12)26-16(20-11)21-17(25)22-7-6-18(2,10-22)15(23)24/h3-5,8H,6-7,9-10H2,1-2H3,(H,23,24)(H,20,21,25). The Kier molecular flexibility index (Phi) is 5.20. The van der Waals surface area contributed by atoms with Gasteiger partial charge in [0.25, 0.3) is 0 Å². The van der Waals surface area contributed by atoms with E-state index in [9.17, 15) is 14.7 Å². The topological polar surface area (TPSA) is 82.5 Å². The summed E-state index contributed by atoms with van der Waals surface area (Å²) in [6, 6.07) is 7.34. The molecule has 0 bridgehead atoms. The normalized spacial score (nSPS) is 19.6. The molecule has 2 heterocycles. The van der Waals surface area contributed by atoms with Crippen LogP contribution in [0.25, 0.3) is 0 Å². The zero-order valence-corrected chi connectivity index (χ0v) is 16.2. The van der Waals surface area contributed by atoms with Crippen LogP contribution in [-0.2, 0) is 11.2 Å².